The fraction of sp³-hybridized carbons (Fsp3) is 0.300. The highest BCUT2D eigenvalue weighted by Gasteiger charge is 2.49. The topological polar surface area (TPSA) is 58.6 Å². The van der Waals surface area contributed by atoms with Crippen molar-refractivity contribution in [1.29, 1.82) is 0 Å². The molecule has 0 bridgehead atoms. The Morgan fingerprint density at radius 1 is 1.20 bits per heavy atom. The first kappa shape index (κ1) is 15.7. The van der Waals surface area contributed by atoms with Crippen molar-refractivity contribution in [2.24, 2.45) is 0 Å². The Hall–Kier alpha value is -2.82. The van der Waals surface area contributed by atoms with Crippen LogP contribution in [0.2, 0.25) is 0 Å². The minimum Gasteiger partial charge on any atom is -0.466 e. The zero-order chi connectivity index (χ0) is 17.6. The number of hydrogen-bond acceptors (Lipinski definition) is 3. The van der Waals surface area contributed by atoms with Crippen molar-refractivity contribution >= 4 is 17.5 Å². The fourth-order valence-corrected chi connectivity index (χ4v) is 3.45. The summed E-state index contributed by atoms with van der Waals surface area (Å²) in [5, 5.41) is 2.82. The van der Waals surface area contributed by atoms with Gasteiger partial charge in [0.05, 0.1) is 5.69 Å². The molecule has 1 atom stereocenters. The molecule has 2 aromatic rings. The van der Waals surface area contributed by atoms with E-state index >= 15 is 0 Å². The maximum absolute atomic E-state index is 13.1. The van der Waals surface area contributed by atoms with E-state index in [9.17, 15) is 9.59 Å². The summed E-state index contributed by atoms with van der Waals surface area (Å²) in [5.74, 6) is -0.196. The summed E-state index contributed by atoms with van der Waals surface area (Å²) < 4.78 is 5.89. The molecule has 0 aromatic heterocycles. The molecule has 5 nitrogen and oxygen atoms in total. The molecule has 2 aliphatic rings. The van der Waals surface area contributed by atoms with Crippen LogP contribution in [0, 0.1) is 6.92 Å². The van der Waals surface area contributed by atoms with Gasteiger partial charge in [0.15, 0.2) is 0 Å². The highest BCUT2D eigenvalue weighted by Crippen LogP contribution is 2.35. The molecule has 4 rings (SSSR count). The second-order valence-electron chi connectivity index (χ2n) is 6.83. The highest BCUT2D eigenvalue weighted by atomic mass is 16.5. The van der Waals surface area contributed by atoms with Crippen molar-refractivity contribution in [3.8, 4) is 5.75 Å². The predicted molar refractivity (Wildman–Crippen MR) is 94.4 cm³/mol. The smallest absolute Gasteiger partial charge is 0.278 e. The summed E-state index contributed by atoms with van der Waals surface area (Å²) in [6.07, 6.45) is 0.787. The number of benzene rings is 2. The first-order chi connectivity index (χ1) is 12.0. The Bertz CT molecular complexity index is 877. The van der Waals surface area contributed by atoms with E-state index in [1.165, 1.54) is 5.56 Å². The number of fused-ring (bicyclic) bond motifs is 2. The second-order valence-corrected chi connectivity index (χ2v) is 6.83. The molecule has 128 valence electrons. The minimum atomic E-state index is -1.55. The lowest BCUT2D eigenvalue weighted by Crippen LogP contribution is -2.60. The number of amides is 2. The molecule has 0 spiro atoms. The Balaban J connectivity index is 1.61. The molecule has 0 radical (unpaired) electrons. The van der Waals surface area contributed by atoms with Crippen LogP contribution in [0.15, 0.2) is 42.5 Å². The van der Waals surface area contributed by atoms with Gasteiger partial charge in [-0.1, -0.05) is 30.3 Å². The predicted octanol–water partition coefficient (Wildman–Crippen LogP) is 2.67. The third kappa shape index (κ3) is 2.56. The monoisotopic (exact) mass is 336 g/mol. The van der Waals surface area contributed by atoms with E-state index in [4.69, 9.17) is 4.74 Å². The van der Waals surface area contributed by atoms with Gasteiger partial charge in [-0.25, -0.2) is 0 Å². The molecule has 0 saturated heterocycles. The molecule has 0 fully saturated rings. The summed E-state index contributed by atoms with van der Waals surface area (Å²) in [7, 11) is 0. The van der Waals surface area contributed by atoms with E-state index in [0.717, 1.165) is 17.5 Å². The first-order valence-electron chi connectivity index (χ1n) is 8.45. The van der Waals surface area contributed by atoms with E-state index in [0.29, 0.717) is 24.5 Å². The Kier molecular flexibility index (Phi) is 3.53. The van der Waals surface area contributed by atoms with E-state index in [1.807, 2.05) is 37.3 Å². The van der Waals surface area contributed by atoms with Gasteiger partial charge < -0.3 is 15.0 Å². The quantitative estimate of drug-likeness (QED) is 0.815. The van der Waals surface area contributed by atoms with E-state index in [1.54, 1.807) is 17.9 Å². The lowest BCUT2D eigenvalue weighted by Gasteiger charge is -2.38. The van der Waals surface area contributed by atoms with E-state index in [-0.39, 0.29) is 5.91 Å². The number of ether oxygens (including phenoxy) is 1. The fourth-order valence-electron chi connectivity index (χ4n) is 3.45. The van der Waals surface area contributed by atoms with Gasteiger partial charge in [0.2, 0.25) is 0 Å². The number of aryl methyl sites for hydroxylation is 1. The number of rotatable bonds is 1. The molecule has 2 amide bonds. The van der Waals surface area contributed by atoms with Crippen LogP contribution >= 0.6 is 0 Å². The van der Waals surface area contributed by atoms with Gasteiger partial charge in [0.1, 0.15) is 5.75 Å². The van der Waals surface area contributed by atoms with Crippen LogP contribution in [-0.2, 0) is 22.6 Å². The Morgan fingerprint density at radius 2 is 1.96 bits per heavy atom. The maximum atomic E-state index is 13.1. The van der Waals surface area contributed by atoms with Crippen LogP contribution in [-0.4, -0.2) is 28.9 Å². The van der Waals surface area contributed by atoms with Crippen LogP contribution < -0.4 is 10.1 Å². The van der Waals surface area contributed by atoms with Gasteiger partial charge in [-0.15, -0.1) is 0 Å². The zero-order valence-electron chi connectivity index (χ0n) is 14.3. The Morgan fingerprint density at radius 3 is 2.76 bits per heavy atom. The molecule has 25 heavy (non-hydrogen) atoms. The van der Waals surface area contributed by atoms with Gasteiger partial charge >= 0.3 is 0 Å². The highest BCUT2D eigenvalue weighted by molar-refractivity contribution is 6.15. The third-order valence-electron chi connectivity index (χ3n) is 4.96. The van der Waals surface area contributed by atoms with Crippen LogP contribution in [0.25, 0.3) is 0 Å². The summed E-state index contributed by atoms with van der Waals surface area (Å²) in [6.45, 7) is 4.58. The van der Waals surface area contributed by atoms with Crippen LogP contribution in [0.5, 0.6) is 5.75 Å². The van der Waals surface area contributed by atoms with Gasteiger partial charge in [-0.2, -0.15) is 0 Å². The van der Waals surface area contributed by atoms with Gasteiger partial charge in [0, 0.05) is 13.1 Å². The average Bonchev–Trinajstić information content (AvgIpc) is 2.62. The number of nitrogens with one attached hydrogen (secondary N) is 1. The van der Waals surface area contributed by atoms with Crippen molar-refractivity contribution in [1.82, 2.24) is 4.90 Å². The molecule has 2 aliphatic heterocycles. The molecule has 5 heteroatoms. The first-order valence-corrected chi connectivity index (χ1v) is 8.45. The van der Waals surface area contributed by atoms with Crippen LogP contribution in [0.4, 0.5) is 5.69 Å². The van der Waals surface area contributed by atoms with Crippen molar-refractivity contribution < 1.29 is 14.3 Å². The van der Waals surface area contributed by atoms with E-state index in [2.05, 4.69) is 11.4 Å². The number of anilines is 1. The average molecular weight is 336 g/mol. The maximum Gasteiger partial charge on any atom is 0.278 e. The van der Waals surface area contributed by atoms with Crippen molar-refractivity contribution in [3.05, 3.63) is 59.2 Å². The lowest BCUT2D eigenvalue weighted by atomic mass is 9.96. The number of hydrogen-bond donors (Lipinski definition) is 1. The van der Waals surface area contributed by atoms with Gasteiger partial charge in [-0.3, -0.25) is 9.59 Å². The molecular formula is C20H20N2O3. The summed E-state index contributed by atoms with van der Waals surface area (Å²) in [4.78, 5) is 27.5. The normalized spacial score (nSPS) is 21.7. The molecule has 2 aromatic carbocycles. The minimum absolute atomic E-state index is 0.300. The summed E-state index contributed by atoms with van der Waals surface area (Å²) >= 11 is 0. The van der Waals surface area contributed by atoms with Crippen molar-refractivity contribution in [2.45, 2.75) is 32.4 Å². The summed E-state index contributed by atoms with van der Waals surface area (Å²) in [6, 6.07) is 13.6. The Labute approximate surface area is 146 Å². The second kappa shape index (κ2) is 5.62. The third-order valence-corrected chi connectivity index (χ3v) is 4.96. The van der Waals surface area contributed by atoms with E-state index < -0.39 is 11.5 Å². The van der Waals surface area contributed by atoms with Crippen molar-refractivity contribution in [3.63, 3.8) is 0 Å². The van der Waals surface area contributed by atoms with Crippen LogP contribution in [0.1, 0.15) is 23.6 Å². The SMILES string of the molecule is Cc1ccc2c(c1)NC(=O)[C@@](C)(C(=O)N1CCc3ccccc3C1)O2. The molecule has 0 saturated carbocycles. The largest absolute Gasteiger partial charge is 0.466 e. The number of carbonyl (C=O) groups is 2. The molecular weight excluding hydrogens is 316 g/mol. The molecule has 1 N–H and O–H groups in total. The number of nitrogens with zero attached hydrogens (tertiary/aromatic N) is 1. The van der Waals surface area contributed by atoms with Crippen molar-refractivity contribution in [2.75, 3.05) is 11.9 Å². The molecule has 0 unspecified atom stereocenters. The lowest BCUT2D eigenvalue weighted by molar-refractivity contribution is -0.155. The van der Waals surface area contributed by atoms with Crippen LogP contribution in [0.3, 0.4) is 0 Å². The summed E-state index contributed by atoms with van der Waals surface area (Å²) in [5.41, 5.74) is 2.46. The van der Waals surface area contributed by atoms with Gasteiger partial charge in [0.25, 0.3) is 17.4 Å². The van der Waals surface area contributed by atoms with Gasteiger partial charge in [-0.05, 0) is 49.1 Å². The molecule has 2 heterocycles. The number of carbonyl (C=O) groups excluding carboxylic acids is 2. The zero-order valence-corrected chi connectivity index (χ0v) is 14.3. The molecule has 0 aliphatic carbocycles. The standard InChI is InChI=1S/C20H20N2O3/c1-13-7-8-17-16(11-13)21-18(23)20(2,25-17)19(24)22-10-9-14-5-3-4-6-15(14)12-22/h3-8,11H,9-10,12H2,1-2H3,(H,21,23)/t20-/m0/s1.